The van der Waals surface area contributed by atoms with E-state index in [4.69, 9.17) is 15.0 Å². The second-order valence-electron chi connectivity index (χ2n) is 13.8. The summed E-state index contributed by atoms with van der Waals surface area (Å²) in [5, 5.41) is 7.42. The van der Waals surface area contributed by atoms with Crippen molar-refractivity contribution in [2.45, 2.75) is 0 Å². The molecule has 0 aliphatic heterocycles. The van der Waals surface area contributed by atoms with Gasteiger partial charge in [-0.3, -0.25) is 29.9 Å². The van der Waals surface area contributed by atoms with Gasteiger partial charge in [-0.25, -0.2) is 15.0 Å². The molecule has 0 fully saturated rings. The molecule has 0 saturated heterocycles. The molecular weight excluding hydrogens is 919 g/mol. The third kappa shape index (κ3) is 7.61. The van der Waals surface area contributed by atoms with Gasteiger partial charge in [-0.2, -0.15) is 0 Å². The summed E-state index contributed by atoms with van der Waals surface area (Å²) in [6, 6.07) is 46.5. The van der Waals surface area contributed by atoms with Crippen LogP contribution >= 0.6 is 11.3 Å². The summed E-state index contributed by atoms with van der Waals surface area (Å²) in [5.74, 6) is 0. The van der Waals surface area contributed by atoms with E-state index in [9.17, 15) is 0 Å². The molecule has 62 heavy (non-hydrogen) atoms. The maximum atomic E-state index is 5.14. The third-order valence-corrected chi connectivity index (χ3v) is 11.3. The molecule has 5 aromatic carbocycles. The zero-order chi connectivity index (χ0) is 39.1. The van der Waals surface area contributed by atoms with E-state index in [-0.39, 0.29) is 44.3 Å². The number of pyridine rings is 6. The van der Waals surface area contributed by atoms with Crippen LogP contribution in [-0.2, 0) is 19.5 Å². The van der Waals surface area contributed by atoms with Crippen LogP contribution in [0.2, 0.25) is 0 Å². The zero-order valence-electron chi connectivity index (χ0n) is 32.3. The second kappa shape index (κ2) is 18.1. The molecule has 298 valence electrons. The van der Waals surface area contributed by atoms with E-state index in [0.29, 0.717) is 0 Å². The van der Waals surface area contributed by atoms with Gasteiger partial charge in [-0.15, -0.1) is 11.3 Å². The number of aromatic nitrogens is 9. The van der Waals surface area contributed by atoms with Crippen LogP contribution in [0.5, 0.6) is 0 Å². The molecular formula is C49H29Cl2N9RuS. The molecule has 13 rings (SSSR count). The van der Waals surface area contributed by atoms with Gasteiger partial charge in [0.25, 0.3) is 0 Å². The molecule has 0 N–H and O–H groups in total. The standard InChI is InChI=1S/C25H13N5S.2C12H8N2.2ClH.Ru/c1-2-11-19-17(9-1)29-25(31-19)16-6-3-10-18-20(16)30-24-15-8-5-13-27-22(15)21-14(23(24)28-18)7-4-12-26-21;2*1-3-9-5-6-10-4-2-8-14-12(10)11(9)13-7-1;;;/h1-13H;2*1-8H;2*1H;/q;;;;;+2/p-2. The summed E-state index contributed by atoms with van der Waals surface area (Å²) < 4.78 is 1.16. The summed E-state index contributed by atoms with van der Waals surface area (Å²) in [5.41, 5.74) is 11.0. The van der Waals surface area contributed by atoms with Crippen LogP contribution in [0.4, 0.5) is 0 Å². The number of rotatable bonds is 1. The van der Waals surface area contributed by atoms with Gasteiger partial charge in [-0.05, 0) is 72.8 Å². The summed E-state index contributed by atoms with van der Waals surface area (Å²) in [6.45, 7) is 0. The molecule has 0 atom stereocenters. The van der Waals surface area contributed by atoms with Crippen LogP contribution in [0.25, 0.3) is 108 Å². The van der Waals surface area contributed by atoms with Crippen molar-refractivity contribution in [3.8, 4) is 10.6 Å². The van der Waals surface area contributed by atoms with E-state index in [1.54, 1.807) is 48.5 Å². The number of fused-ring (bicyclic) bond motifs is 14. The Bertz CT molecular complexity index is 3490. The second-order valence-corrected chi connectivity index (χ2v) is 14.8. The van der Waals surface area contributed by atoms with Gasteiger partial charge in [0.05, 0.1) is 65.4 Å². The molecule has 0 radical (unpaired) electrons. The summed E-state index contributed by atoms with van der Waals surface area (Å²) >= 11 is 1.68. The number of para-hydroxylation sites is 2. The van der Waals surface area contributed by atoms with E-state index in [1.807, 2.05) is 78.9 Å². The third-order valence-electron chi connectivity index (χ3n) is 10.3. The van der Waals surface area contributed by atoms with Crippen molar-refractivity contribution in [1.29, 1.82) is 0 Å². The fourth-order valence-corrected chi connectivity index (χ4v) is 8.53. The van der Waals surface area contributed by atoms with Crippen molar-refractivity contribution in [3.63, 3.8) is 0 Å². The smallest absolute Gasteiger partial charge is 1.00 e. The Morgan fingerprint density at radius 1 is 0.306 bits per heavy atom. The first-order valence-electron chi connectivity index (χ1n) is 19.0. The molecule has 0 saturated carbocycles. The van der Waals surface area contributed by atoms with Crippen LogP contribution < -0.4 is 24.8 Å². The molecule has 13 aromatic rings. The molecule has 9 nitrogen and oxygen atoms in total. The van der Waals surface area contributed by atoms with Gasteiger partial charge in [0.1, 0.15) is 5.01 Å². The first-order valence-corrected chi connectivity index (χ1v) is 19.8. The van der Waals surface area contributed by atoms with Crippen molar-refractivity contribution in [3.05, 3.63) is 177 Å². The van der Waals surface area contributed by atoms with Gasteiger partial charge in [-0.1, -0.05) is 66.7 Å². The Morgan fingerprint density at radius 2 is 0.726 bits per heavy atom. The van der Waals surface area contributed by atoms with Crippen molar-refractivity contribution >= 4 is 109 Å². The Hall–Kier alpha value is -6.75. The van der Waals surface area contributed by atoms with Gasteiger partial charge in [0.2, 0.25) is 0 Å². The molecule has 0 bridgehead atoms. The van der Waals surface area contributed by atoms with Gasteiger partial charge in [0.15, 0.2) is 0 Å². The van der Waals surface area contributed by atoms with Crippen LogP contribution in [0.3, 0.4) is 0 Å². The van der Waals surface area contributed by atoms with Gasteiger partial charge >= 0.3 is 19.5 Å². The van der Waals surface area contributed by atoms with E-state index in [1.165, 1.54) is 0 Å². The maximum absolute atomic E-state index is 5.14. The number of halogens is 2. The molecule has 13 heteroatoms. The summed E-state index contributed by atoms with van der Waals surface area (Å²) in [6.07, 6.45) is 10.8. The van der Waals surface area contributed by atoms with Crippen molar-refractivity contribution in [2.75, 3.05) is 0 Å². The van der Waals surface area contributed by atoms with Crippen LogP contribution in [0, 0.1) is 0 Å². The average molecular weight is 948 g/mol. The molecule has 8 heterocycles. The molecule has 0 spiro atoms. The monoisotopic (exact) mass is 947 g/mol. The Balaban J connectivity index is 0.000000143. The maximum Gasteiger partial charge on any atom is 2.00 e. The van der Waals surface area contributed by atoms with Crippen LogP contribution in [0.15, 0.2) is 177 Å². The van der Waals surface area contributed by atoms with Gasteiger partial charge < -0.3 is 24.8 Å². The predicted molar refractivity (Wildman–Crippen MR) is 240 cm³/mol. The van der Waals surface area contributed by atoms with E-state index in [2.05, 4.69) is 90.6 Å². The molecule has 0 unspecified atom stereocenters. The Kier molecular flexibility index (Phi) is 12.2. The largest absolute Gasteiger partial charge is 2.00 e. The van der Waals surface area contributed by atoms with E-state index >= 15 is 0 Å². The van der Waals surface area contributed by atoms with Crippen LogP contribution in [-0.4, -0.2) is 44.9 Å². The number of hydrogen-bond acceptors (Lipinski definition) is 10. The fraction of sp³-hybridized carbons (Fsp3) is 0. The van der Waals surface area contributed by atoms with Crippen molar-refractivity contribution in [2.24, 2.45) is 0 Å². The summed E-state index contributed by atoms with van der Waals surface area (Å²) in [7, 11) is 0. The van der Waals surface area contributed by atoms with Gasteiger partial charge in [0, 0.05) is 75.1 Å². The Morgan fingerprint density at radius 3 is 1.21 bits per heavy atom. The predicted octanol–water partition coefficient (Wildman–Crippen LogP) is 5.73. The Labute approximate surface area is 383 Å². The quantitative estimate of drug-likeness (QED) is 0.116. The zero-order valence-corrected chi connectivity index (χ0v) is 36.4. The molecule has 0 aliphatic carbocycles. The SMILES string of the molecule is [Cl-].[Cl-].[Ru+2].c1ccc2sc(-c3cccc4nc5c6cccnc6c6ncccc6c5nc34)nc2c1.c1cnc2c(c1)ccc1cccnc12.c1cnc2c(c1)ccc1cccnc12. The van der Waals surface area contributed by atoms with Crippen LogP contribution in [0.1, 0.15) is 0 Å². The van der Waals surface area contributed by atoms with Crippen molar-refractivity contribution < 1.29 is 44.3 Å². The minimum atomic E-state index is 0. The number of hydrogen-bond donors (Lipinski definition) is 0. The molecule has 0 aliphatic rings. The normalized spacial score (nSPS) is 10.8. The van der Waals surface area contributed by atoms with E-state index in [0.717, 1.165) is 108 Å². The number of benzene rings is 5. The fourth-order valence-electron chi connectivity index (χ4n) is 7.54. The molecule has 8 aromatic heterocycles. The molecule has 0 amide bonds. The summed E-state index contributed by atoms with van der Waals surface area (Å²) in [4.78, 5) is 41.6. The first kappa shape index (κ1) is 42.0. The van der Waals surface area contributed by atoms with Crippen molar-refractivity contribution in [1.82, 2.24) is 44.9 Å². The minimum absolute atomic E-state index is 0. The van der Waals surface area contributed by atoms with E-state index < -0.39 is 0 Å². The number of nitrogens with zero attached hydrogens (tertiary/aromatic N) is 9. The topological polar surface area (TPSA) is 116 Å². The number of thiazole rings is 1. The minimum Gasteiger partial charge on any atom is -1.00 e. The first-order chi connectivity index (χ1) is 29.3. The average Bonchev–Trinajstić information content (AvgIpc) is 3.76.